The molecule has 2 aromatic rings. The molecule has 0 aromatic heterocycles. The van der Waals surface area contributed by atoms with Gasteiger partial charge in [0.15, 0.2) is 11.6 Å². The number of hydrogen-bond acceptors (Lipinski definition) is 5. The van der Waals surface area contributed by atoms with Gasteiger partial charge in [-0.25, -0.2) is 14.3 Å². The molecular weight excluding hydrogens is 414 g/mol. The fourth-order valence-electron chi connectivity index (χ4n) is 2.53. The van der Waals surface area contributed by atoms with E-state index in [0.717, 1.165) is 0 Å². The van der Waals surface area contributed by atoms with E-state index in [9.17, 15) is 13.6 Å². The van der Waals surface area contributed by atoms with Crippen LogP contribution in [0.15, 0.2) is 28.7 Å². The zero-order valence-corrected chi connectivity index (χ0v) is 15.0. The quantitative estimate of drug-likeness (QED) is 0.486. The number of ether oxygens (including phenoxy) is 1. The molecule has 0 aliphatic carbocycles. The van der Waals surface area contributed by atoms with Gasteiger partial charge in [0.25, 0.3) is 5.91 Å². The number of carbonyl (C=O) groups is 1. The van der Waals surface area contributed by atoms with Crippen LogP contribution in [0.1, 0.15) is 15.9 Å². The first-order valence-electron chi connectivity index (χ1n) is 7.74. The van der Waals surface area contributed by atoms with Crippen LogP contribution in [0.4, 0.5) is 20.2 Å². The molecule has 2 aromatic carbocycles. The molecule has 0 spiro atoms. The molecule has 0 atom stereocenters. The normalized spacial score (nSPS) is 12.5. The highest BCUT2D eigenvalue weighted by Gasteiger charge is 2.27. The van der Waals surface area contributed by atoms with Gasteiger partial charge >= 0.3 is 0 Å². The molecule has 0 saturated heterocycles. The van der Waals surface area contributed by atoms with Gasteiger partial charge in [0.2, 0.25) is 0 Å². The Balaban J connectivity index is 2.00. The Bertz CT molecular complexity index is 848. The van der Waals surface area contributed by atoms with Crippen LogP contribution in [0.25, 0.3) is 0 Å². The zero-order valence-electron chi connectivity index (χ0n) is 13.4. The lowest BCUT2D eigenvalue weighted by Gasteiger charge is -2.16. The van der Waals surface area contributed by atoms with E-state index in [-0.39, 0.29) is 35.9 Å². The van der Waals surface area contributed by atoms with E-state index >= 15 is 0 Å². The maximum absolute atomic E-state index is 14.9. The molecular formula is C17H15BrF2N2O4. The predicted octanol–water partition coefficient (Wildman–Crippen LogP) is 3.06. The summed E-state index contributed by atoms with van der Waals surface area (Å²) >= 11 is 3.15. The molecule has 3 rings (SSSR count). The second-order valence-corrected chi connectivity index (χ2v) is 6.37. The average molecular weight is 429 g/mol. The number of hydroxylamine groups is 1. The average Bonchev–Trinajstić information content (AvgIpc) is 3.08. The van der Waals surface area contributed by atoms with Crippen molar-refractivity contribution in [1.82, 2.24) is 5.48 Å². The van der Waals surface area contributed by atoms with Crippen molar-refractivity contribution in [3.8, 4) is 5.75 Å². The minimum absolute atomic E-state index is 0.00428. The van der Waals surface area contributed by atoms with Crippen molar-refractivity contribution in [1.29, 1.82) is 0 Å². The first-order valence-corrected chi connectivity index (χ1v) is 8.53. The fraction of sp³-hybridized carbons (Fsp3) is 0.235. The third-order valence-electron chi connectivity index (χ3n) is 3.71. The van der Waals surface area contributed by atoms with E-state index in [1.54, 1.807) is 6.07 Å². The molecule has 0 fully saturated rings. The molecule has 1 amide bonds. The second-order valence-electron chi connectivity index (χ2n) is 5.45. The molecule has 9 heteroatoms. The molecule has 6 nitrogen and oxygen atoms in total. The van der Waals surface area contributed by atoms with Gasteiger partial charge in [-0.15, -0.1) is 0 Å². The molecule has 1 heterocycles. The molecule has 0 unspecified atom stereocenters. The number of benzene rings is 2. The summed E-state index contributed by atoms with van der Waals surface area (Å²) in [5, 5.41) is 11.3. The Morgan fingerprint density at radius 3 is 2.88 bits per heavy atom. The SMILES string of the molecule is O=C(NOCCO)c1cc2c(c(F)c1Nc1ccc(Br)cc1F)OCC2. The minimum atomic E-state index is -0.783. The lowest BCUT2D eigenvalue weighted by molar-refractivity contribution is 0.0168. The van der Waals surface area contributed by atoms with Crippen molar-refractivity contribution >= 4 is 33.2 Å². The number of amides is 1. The molecule has 138 valence electrons. The van der Waals surface area contributed by atoms with E-state index in [1.165, 1.54) is 18.2 Å². The van der Waals surface area contributed by atoms with Gasteiger partial charge in [-0.2, -0.15) is 0 Å². The van der Waals surface area contributed by atoms with Crippen molar-refractivity contribution in [3.63, 3.8) is 0 Å². The van der Waals surface area contributed by atoms with Crippen molar-refractivity contribution in [2.45, 2.75) is 6.42 Å². The van der Waals surface area contributed by atoms with Crippen LogP contribution in [0.3, 0.4) is 0 Å². The number of carbonyl (C=O) groups excluding carboxylic acids is 1. The van der Waals surface area contributed by atoms with Gasteiger partial charge in [0, 0.05) is 16.5 Å². The summed E-state index contributed by atoms with van der Waals surface area (Å²) < 4.78 is 34.8. The van der Waals surface area contributed by atoms with Crippen molar-refractivity contribution < 1.29 is 28.3 Å². The van der Waals surface area contributed by atoms with Crippen LogP contribution in [-0.2, 0) is 11.3 Å². The van der Waals surface area contributed by atoms with E-state index in [0.29, 0.717) is 23.1 Å². The summed E-state index contributed by atoms with van der Waals surface area (Å²) in [5.74, 6) is -2.09. The molecule has 26 heavy (non-hydrogen) atoms. The number of fused-ring (bicyclic) bond motifs is 1. The molecule has 1 aliphatic heterocycles. The van der Waals surface area contributed by atoms with Crippen molar-refractivity contribution in [2.24, 2.45) is 0 Å². The number of anilines is 2. The van der Waals surface area contributed by atoms with Crippen LogP contribution in [0.5, 0.6) is 5.75 Å². The van der Waals surface area contributed by atoms with Crippen LogP contribution in [-0.4, -0.2) is 30.8 Å². The molecule has 1 aliphatic rings. The highest BCUT2D eigenvalue weighted by molar-refractivity contribution is 9.10. The van der Waals surface area contributed by atoms with E-state index in [4.69, 9.17) is 14.7 Å². The Kier molecular flexibility index (Phi) is 5.70. The van der Waals surface area contributed by atoms with E-state index in [1.807, 2.05) is 0 Å². The third-order valence-corrected chi connectivity index (χ3v) is 4.20. The summed E-state index contributed by atoms with van der Waals surface area (Å²) in [7, 11) is 0. The Morgan fingerprint density at radius 1 is 1.35 bits per heavy atom. The van der Waals surface area contributed by atoms with Crippen LogP contribution < -0.4 is 15.5 Å². The van der Waals surface area contributed by atoms with Crippen LogP contribution in [0, 0.1) is 11.6 Å². The third kappa shape index (κ3) is 3.79. The standard InChI is InChI=1S/C17H15BrF2N2O4/c18-10-1-2-13(12(19)8-10)21-15-11(17(24)22-26-6-4-23)7-9-3-5-25-16(9)14(15)20/h1-2,7-8,21,23H,3-6H2,(H,22,24). The molecule has 0 bridgehead atoms. The van der Waals surface area contributed by atoms with Gasteiger partial charge < -0.3 is 15.2 Å². The van der Waals surface area contributed by atoms with Gasteiger partial charge in [-0.1, -0.05) is 15.9 Å². The fourth-order valence-corrected chi connectivity index (χ4v) is 2.87. The Hall–Kier alpha value is -2.23. The number of halogens is 3. The van der Waals surface area contributed by atoms with Crippen LogP contribution in [0.2, 0.25) is 0 Å². The van der Waals surface area contributed by atoms with Gasteiger partial charge in [0.05, 0.1) is 36.8 Å². The summed E-state index contributed by atoms with van der Waals surface area (Å²) in [6.45, 7) is -0.112. The van der Waals surface area contributed by atoms with Crippen LogP contribution >= 0.6 is 15.9 Å². The number of aliphatic hydroxyl groups excluding tert-OH is 1. The molecule has 0 radical (unpaired) electrons. The Labute approximate surface area is 156 Å². The number of hydrogen-bond donors (Lipinski definition) is 3. The minimum Gasteiger partial charge on any atom is -0.490 e. The predicted molar refractivity (Wildman–Crippen MR) is 93.5 cm³/mol. The number of rotatable bonds is 6. The summed E-state index contributed by atoms with van der Waals surface area (Å²) in [5.41, 5.74) is 2.37. The lowest BCUT2D eigenvalue weighted by atomic mass is 10.0. The molecule has 3 N–H and O–H groups in total. The highest BCUT2D eigenvalue weighted by Crippen LogP contribution is 2.38. The van der Waals surface area contributed by atoms with Gasteiger partial charge in [-0.05, 0) is 24.3 Å². The monoisotopic (exact) mass is 428 g/mol. The summed E-state index contributed by atoms with van der Waals surface area (Å²) in [6.07, 6.45) is 0.455. The van der Waals surface area contributed by atoms with E-state index in [2.05, 4.69) is 26.7 Å². The summed E-state index contributed by atoms with van der Waals surface area (Å²) in [4.78, 5) is 17.1. The first-order chi connectivity index (χ1) is 12.5. The van der Waals surface area contributed by atoms with Crippen molar-refractivity contribution in [2.75, 3.05) is 25.1 Å². The first kappa shape index (κ1) is 18.6. The lowest BCUT2D eigenvalue weighted by Crippen LogP contribution is -2.26. The maximum Gasteiger partial charge on any atom is 0.277 e. The van der Waals surface area contributed by atoms with Gasteiger partial charge in [0.1, 0.15) is 5.82 Å². The number of aliphatic hydroxyl groups is 1. The molecule has 0 saturated carbocycles. The smallest absolute Gasteiger partial charge is 0.277 e. The zero-order chi connectivity index (χ0) is 18.7. The second kappa shape index (κ2) is 7.98. The van der Waals surface area contributed by atoms with Gasteiger partial charge in [-0.3, -0.25) is 9.63 Å². The topological polar surface area (TPSA) is 79.8 Å². The summed E-state index contributed by atoms with van der Waals surface area (Å²) in [6, 6.07) is 5.69. The highest BCUT2D eigenvalue weighted by atomic mass is 79.9. The maximum atomic E-state index is 14.9. The van der Waals surface area contributed by atoms with Crippen molar-refractivity contribution in [3.05, 3.63) is 51.5 Å². The number of nitrogens with one attached hydrogen (secondary N) is 2. The van der Waals surface area contributed by atoms with E-state index < -0.39 is 17.5 Å². The largest absolute Gasteiger partial charge is 0.490 e. The Morgan fingerprint density at radius 2 is 2.15 bits per heavy atom.